The van der Waals surface area contributed by atoms with Gasteiger partial charge in [0, 0.05) is 14.0 Å². The van der Waals surface area contributed by atoms with Gasteiger partial charge in [-0.05, 0) is 19.3 Å². The van der Waals surface area contributed by atoms with Crippen molar-refractivity contribution in [3.05, 3.63) is 0 Å². The summed E-state index contributed by atoms with van der Waals surface area (Å²) in [6, 6.07) is 0.508. The van der Waals surface area contributed by atoms with Gasteiger partial charge in [0.1, 0.15) is 6.10 Å². The number of ether oxygens (including phenoxy) is 1. The maximum absolute atomic E-state index is 7.00. The van der Waals surface area contributed by atoms with E-state index in [0.29, 0.717) is 12.1 Å². The van der Waals surface area contributed by atoms with Crippen LogP contribution in [0.1, 0.15) is 32.6 Å². The van der Waals surface area contributed by atoms with E-state index in [1.807, 2.05) is 6.92 Å². The van der Waals surface area contributed by atoms with E-state index in [-0.39, 0.29) is 0 Å². The van der Waals surface area contributed by atoms with Crippen molar-refractivity contribution in [2.45, 2.75) is 44.8 Å². The molecule has 0 bridgehead atoms. The molecule has 70 valence electrons. The van der Waals surface area contributed by atoms with Gasteiger partial charge in [0.2, 0.25) is 0 Å². The second-order valence-electron chi connectivity index (χ2n) is 3.16. The third-order valence-electron chi connectivity index (χ3n) is 2.34. The van der Waals surface area contributed by atoms with Crippen LogP contribution in [0.2, 0.25) is 0 Å². The van der Waals surface area contributed by atoms with Crippen molar-refractivity contribution in [2.75, 3.05) is 7.11 Å². The number of aliphatic hydroxyl groups is 1. The molecule has 0 aromatic carbocycles. The van der Waals surface area contributed by atoms with Gasteiger partial charge in [0.05, 0.1) is 6.04 Å². The first-order valence-corrected chi connectivity index (χ1v) is 4.52. The smallest absolute Gasteiger partial charge is 0.180 e. The minimum atomic E-state index is 0.439. The highest BCUT2D eigenvalue weighted by atomic mass is 16.5. The summed E-state index contributed by atoms with van der Waals surface area (Å²) in [4.78, 5) is 4.40. The molecule has 2 unspecified atom stereocenters. The zero-order chi connectivity index (χ0) is 8.97. The van der Waals surface area contributed by atoms with Crippen LogP contribution in [-0.2, 0) is 4.74 Å². The Morgan fingerprint density at radius 2 is 2.00 bits per heavy atom. The van der Waals surface area contributed by atoms with Crippen LogP contribution < -0.4 is 0 Å². The van der Waals surface area contributed by atoms with Crippen molar-refractivity contribution in [1.29, 1.82) is 0 Å². The second kappa shape index (κ2) is 4.45. The van der Waals surface area contributed by atoms with Crippen LogP contribution in [-0.4, -0.2) is 30.3 Å². The molecule has 2 rings (SSSR count). The number of hydrogen-bond donors (Lipinski definition) is 1. The van der Waals surface area contributed by atoms with E-state index >= 15 is 0 Å². The van der Waals surface area contributed by atoms with Crippen molar-refractivity contribution in [3.8, 4) is 0 Å². The topological polar surface area (TPSA) is 41.8 Å². The molecule has 3 heteroatoms. The molecule has 0 spiro atoms. The van der Waals surface area contributed by atoms with Crippen molar-refractivity contribution in [1.82, 2.24) is 0 Å². The summed E-state index contributed by atoms with van der Waals surface area (Å²) in [6.07, 6.45) is 5.55. The summed E-state index contributed by atoms with van der Waals surface area (Å²) in [7, 11) is 1.00. The SMILES string of the molecule is CC1=NC2CCCCC2O1.CO. The van der Waals surface area contributed by atoms with Crippen molar-refractivity contribution >= 4 is 5.90 Å². The zero-order valence-electron chi connectivity index (χ0n) is 7.79. The average molecular weight is 171 g/mol. The van der Waals surface area contributed by atoms with Crippen LogP contribution in [0.5, 0.6) is 0 Å². The standard InChI is InChI=1S/C8H13NO.CH4O/c1-6-9-7-4-2-3-5-8(7)10-6;1-2/h7-8H,2-5H2,1H3;2H,1H3. The van der Waals surface area contributed by atoms with E-state index < -0.39 is 0 Å². The molecule has 0 aromatic rings. The highest BCUT2D eigenvalue weighted by Gasteiger charge is 2.30. The largest absolute Gasteiger partial charge is 0.476 e. The summed E-state index contributed by atoms with van der Waals surface area (Å²) in [5.74, 6) is 0.900. The Kier molecular flexibility index (Phi) is 3.53. The fraction of sp³-hybridized carbons (Fsp3) is 0.889. The summed E-state index contributed by atoms with van der Waals surface area (Å²) in [5.41, 5.74) is 0. The van der Waals surface area contributed by atoms with E-state index in [1.54, 1.807) is 0 Å². The zero-order valence-corrected chi connectivity index (χ0v) is 7.79. The van der Waals surface area contributed by atoms with Crippen molar-refractivity contribution in [3.63, 3.8) is 0 Å². The van der Waals surface area contributed by atoms with E-state index in [0.717, 1.165) is 13.0 Å². The van der Waals surface area contributed by atoms with Crippen molar-refractivity contribution < 1.29 is 9.84 Å². The lowest BCUT2D eigenvalue weighted by atomic mass is 9.94. The fourth-order valence-electron chi connectivity index (χ4n) is 1.85. The Morgan fingerprint density at radius 3 is 2.67 bits per heavy atom. The van der Waals surface area contributed by atoms with Crippen LogP contribution in [0.25, 0.3) is 0 Å². The van der Waals surface area contributed by atoms with Crippen LogP contribution >= 0.6 is 0 Å². The highest BCUT2D eigenvalue weighted by Crippen LogP contribution is 2.27. The Balaban J connectivity index is 0.000000336. The molecule has 1 aliphatic heterocycles. The number of nitrogens with zero attached hydrogens (tertiary/aromatic N) is 1. The molecule has 0 radical (unpaired) electrons. The van der Waals surface area contributed by atoms with Crippen LogP contribution in [0.15, 0.2) is 4.99 Å². The monoisotopic (exact) mass is 171 g/mol. The maximum atomic E-state index is 7.00. The van der Waals surface area contributed by atoms with Crippen LogP contribution in [0.3, 0.4) is 0 Å². The molecule has 1 N–H and O–H groups in total. The predicted molar refractivity (Wildman–Crippen MR) is 48.4 cm³/mol. The first-order chi connectivity index (χ1) is 5.86. The van der Waals surface area contributed by atoms with E-state index in [9.17, 15) is 0 Å². The van der Waals surface area contributed by atoms with Gasteiger partial charge in [-0.2, -0.15) is 0 Å². The van der Waals surface area contributed by atoms with Gasteiger partial charge in [0.15, 0.2) is 5.90 Å². The van der Waals surface area contributed by atoms with Crippen molar-refractivity contribution in [2.24, 2.45) is 4.99 Å². The molecule has 1 fully saturated rings. The van der Waals surface area contributed by atoms with E-state index in [4.69, 9.17) is 9.84 Å². The number of hydrogen-bond acceptors (Lipinski definition) is 3. The maximum Gasteiger partial charge on any atom is 0.180 e. The quantitative estimate of drug-likeness (QED) is 0.598. The van der Waals surface area contributed by atoms with Gasteiger partial charge in [-0.15, -0.1) is 0 Å². The normalized spacial score (nSPS) is 32.4. The summed E-state index contributed by atoms with van der Waals surface area (Å²) in [6.45, 7) is 1.96. The van der Waals surface area contributed by atoms with Gasteiger partial charge in [-0.25, -0.2) is 4.99 Å². The Morgan fingerprint density at radius 1 is 1.33 bits per heavy atom. The predicted octanol–water partition coefficient (Wildman–Crippen LogP) is 1.35. The van der Waals surface area contributed by atoms with Gasteiger partial charge in [-0.3, -0.25) is 0 Å². The molecule has 1 aliphatic carbocycles. The number of aliphatic hydroxyl groups excluding tert-OH is 1. The third kappa shape index (κ3) is 1.97. The molecule has 2 atom stereocenters. The van der Waals surface area contributed by atoms with Crippen LogP contribution in [0.4, 0.5) is 0 Å². The molecule has 12 heavy (non-hydrogen) atoms. The Hall–Kier alpha value is -0.570. The third-order valence-corrected chi connectivity index (χ3v) is 2.34. The molecule has 0 aromatic heterocycles. The fourth-order valence-corrected chi connectivity index (χ4v) is 1.85. The van der Waals surface area contributed by atoms with Crippen LogP contribution in [0, 0.1) is 0 Å². The summed E-state index contributed by atoms with van der Waals surface area (Å²) < 4.78 is 5.52. The molecular formula is C9H17NO2. The number of rotatable bonds is 0. The van der Waals surface area contributed by atoms with Gasteiger partial charge < -0.3 is 9.84 Å². The lowest BCUT2D eigenvalue weighted by Crippen LogP contribution is -2.25. The lowest BCUT2D eigenvalue weighted by molar-refractivity contribution is 0.151. The lowest BCUT2D eigenvalue weighted by Gasteiger charge is -2.21. The first-order valence-electron chi connectivity index (χ1n) is 4.52. The minimum absolute atomic E-state index is 0.439. The molecule has 0 amide bonds. The Bertz CT molecular complexity index is 168. The van der Waals surface area contributed by atoms with Gasteiger partial charge in [0.25, 0.3) is 0 Å². The Labute approximate surface area is 73.5 Å². The number of aliphatic imine (C=N–C) groups is 1. The molecule has 1 heterocycles. The second-order valence-corrected chi connectivity index (χ2v) is 3.16. The number of fused-ring (bicyclic) bond motifs is 1. The average Bonchev–Trinajstić information content (AvgIpc) is 2.48. The van der Waals surface area contributed by atoms with Gasteiger partial charge >= 0.3 is 0 Å². The highest BCUT2D eigenvalue weighted by molar-refractivity contribution is 5.75. The molecule has 1 saturated carbocycles. The molecule has 3 nitrogen and oxygen atoms in total. The minimum Gasteiger partial charge on any atom is -0.476 e. The van der Waals surface area contributed by atoms with E-state index in [2.05, 4.69) is 4.99 Å². The van der Waals surface area contributed by atoms with Gasteiger partial charge in [-0.1, -0.05) is 6.42 Å². The molecular weight excluding hydrogens is 154 g/mol. The summed E-state index contributed by atoms with van der Waals surface area (Å²) >= 11 is 0. The summed E-state index contributed by atoms with van der Waals surface area (Å²) in [5, 5.41) is 7.00. The molecule has 0 saturated heterocycles. The first kappa shape index (κ1) is 9.52. The van der Waals surface area contributed by atoms with E-state index in [1.165, 1.54) is 25.7 Å². The molecule has 2 aliphatic rings.